The molecule has 2 aromatic heterocycles. The van der Waals surface area contributed by atoms with Crippen LogP contribution in [0.15, 0.2) is 65.6 Å². The third-order valence-corrected chi connectivity index (χ3v) is 4.46. The molecular formula is C17H10N2OS. The number of pyridine rings is 1. The van der Waals surface area contributed by atoms with Crippen molar-refractivity contribution < 1.29 is 0 Å². The number of nitrogens with zero attached hydrogens (tertiary/aromatic N) is 2. The van der Waals surface area contributed by atoms with Crippen LogP contribution in [0, 0.1) is 0 Å². The fourth-order valence-corrected chi connectivity index (χ4v) is 3.30. The molecule has 0 saturated heterocycles. The van der Waals surface area contributed by atoms with Gasteiger partial charge in [-0.1, -0.05) is 30.3 Å². The van der Waals surface area contributed by atoms with Crippen LogP contribution in [-0.4, -0.2) is 9.97 Å². The highest BCUT2D eigenvalue weighted by Gasteiger charge is 2.07. The Hall–Kier alpha value is -2.59. The lowest BCUT2D eigenvalue weighted by Crippen LogP contribution is -2.05. The smallest absolute Gasteiger partial charge is 0.267 e. The molecule has 0 unspecified atom stereocenters. The van der Waals surface area contributed by atoms with Crippen LogP contribution in [-0.2, 0) is 0 Å². The lowest BCUT2D eigenvalue weighted by molar-refractivity contribution is 1.30. The highest BCUT2D eigenvalue weighted by molar-refractivity contribution is 7.21. The topological polar surface area (TPSA) is 42.9 Å². The van der Waals surface area contributed by atoms with E-state index in [9.17, 15) is 4.79 Å². The van der Waals surface area contributed by atoms with Gasteiger partial charge in [-0.3, -0.25) is 9.78 Å². The Labute approximate surface area is 124 Å². The molecule has 0 atom stereocenters. The lowest BCUT2D eigenvalue weighted by Gasteiger charge is -2.03. The molecule has 3 nitrogen and oxygen atoms in total. The third kappa shape index (κ3) is 2.10. The normalized spacial score (nSPS) is 11.0. The quantitative estimate of drug-likeness (QED) is 0.534. The van der Waals surface area contributed by atoms with Gasteiger partial charge in [0.1, 0.15) is 5.01 Å². The van der Waals surface area contributed by atoms with Gasteiger partial charge in [-0.05, 0) is 24.3 Å². The first kappa shape index (κ1) is 12.2. The molecule has 0 N–H and O–H groups in total. The zero-order valence-corrected chi connectivity index (χ0v) is 11.8. The van der Waals surface area contributed by atoms with E-state index in [1.165, 1.54) is 11.3 Å². The Bertz CT molecular complexity index is 1020. The lowest BCUT2D eigenvalue weighted by atomic mass is 10.2. The molecule has 2 heterocycles. The summed E-state index contributed by atoms with van der Waals surface area (Å²) in [5.74, 6) is 0. The summed E-state index contributed by atoms with van der Waals surface area (Å²) < 4.78 is 0.945. The average Bonchev–Trinajstić information content (AvgIpc) is 2.54. The van der Waals surface area contributed by atoms with Gasteiger partial charge in [-0.25, -0.2) is 0 Å². The molecule has 0 aliphatic heterocycles. The fourth-order valence-electron chi connectivity index (χ4n) is 2.32. The van der Waals surface area contributed by atoms with Gasteiger partial charge in [0, 0.05) is 21.8 Å². The predicted molar refractivity (Wildman–Crippen MR) is 86.6 cm³/mol. The minimum absolute atomic E-state index is 0.187. The maximum atomic E-state index is 12.1. The van der Waals surface area contributed by atoms with Gasteiger partial charge in [0.25, 0.3) is 5.56 Å². The van der Waals surface area contributed by atoms with Crippen LogP contribution >= 0.6 is 11.3 Å². The Morgan fingerprint density at radius 1 is 0.952 bits per heavy atom. The molecule has 0 fully saturated rings. The summed E-state index contributed by atoms with van der Waals surface area (Å²) in [6.07, 6.45) is 1.77. The molecule has 4 rings (SSSR count). The van der Waals surface area contributed by atoms with E-state index >= 15 is 0 Å². The summed E-state index contributed by atoms with van der Waals surface area (Å²) in [6, 6.07) is 17.5. The van der Waals surface area contributed by atoms with Gasteiger partial charge in [-0.2, -0.15) is 4.98 Å². The second-order valence-electron chi connectivity index (χ2n) is 4.74. The van der Waals surface area contributed by atoms with E-state index in [1.54, 1.807) is 6.20 Å². The van der Waals surface area contributed by atoms with Crippen molar-refractivity contribution in [3.8, 4) is 10.6 Å². The van der Waals surface area contributed by atoms with Gasteiger partial charge < -0.3 is 0 Å². The van der Waals surface area contributed by atoms with Crippen LogP contribution in [0.4, 0.5) is 0 Å². The first-order valence-corrected chi connectivity index (χ1v) is 7.38. The summed E-state index contributed by atoms with van der Waals surface area (Å²) in [4.78, 5) is 20.7. The maximum Gasteiger partial charge on any atom is 0.279 e. The molecule has 0 amide bonds. The summed E-state index contributed by atoms with van der Waals surface area (Å²) >= 11 is 1.51. The number of aromatic nitrogens is 2. The number of fused-ring (bicyclic) bond motifs is 2. The SMILES string of the molecule is O=c1nc(-c2cnc3ccccc3c2)sc2ccccc12. The molecule has 4 aromatic rings. The van der Waals surface area contributed by atoms with Gasteiger partial charge in [0.2, 0.25) is 0 Å². The van der Waals surface area contributed by atoms with Crippen molar-refractivity contribution in [1.29, 1.82) is 0 Å². The van der Waals surface area contributed by atoms with Crippen molar-refractivity contribution in [2.45, 2.75) is 0 Å². The fraction of sp³-hybridized carbons (Fsp3) is 0. The van der Waals surface area contributed by atoms with Gasteiger partial charge >= 0.3 is 0 Å². The number of rotatable bonds is 1. The number of benzene rings is 2. The number of para-hydroxylation sites is 1. The van der Waals surface area contributed by atoms with Gasteiger partial charge in [-0.15, -0.1) is 11.3 Å². The van der Waals surface area contributed by atoms with Crippen LogP contribution in [0.1, 0.15) is 0 Å². The molecule has 0 aliphatic rings. The molecule has 0 radical (unpaired) electrons. The maximum absolute atomic E-state index is 12.1. The minimum Gasteiger partial charge on any atom is -0.267 e. The average molecular weight is 290 g/mol. The van der Waals surface area contributed by atoms with Crippen molar-refractivity contribution in [3.63, 3.8) is 0 Å². The van der Waals surface area contributed by atoms with Crippen LogP contribution in [0.5, 0.6) is 0 Å². The third-order valence-electron chi connectivity index (χ3n) is 3.36. The van der Waals surface area contributed by atoms with Gasteiger partial charge in [0.05, 0.1) is 10.9 Å². The molecule has 0 aliphatic carbocycles. The number of hydrogen-bond acceptors (Lipinski definition) is 4. The van der Waals surface area contributed by atoms with E-state index in [2.05, 4.69) is 9.97 Å². The summed E-state index contributed by atoms with van der Waals surface area (Å²) in [5, 5.41) is 2.42. The van der Waals surface area contributed by atoms with Crippen molar-refractivity contribution in [1.82, 2.24) is 9.97 Å². The van der Waals surface area contributed by atoms with Gasteiger partial charge in [0.15, 0.2) is 0 Å². The van der Waals surface area contributed by atoms with E-state index in [0.717, 1.165) is 21.2 Å². The van der Waals surface area contributed by atoms with Crippen molar-refractivity contribution in [2.75, 3.05) is 0 Å². The van der Waals surface area contributed by atoms with Crippen LogP contribution in [0.2, 0.25) is 0 Å². The number of hydrogen-bond donors (Lipinski definition) is 0. The highest BCUT2D eigenvalue weighted by atomic mass is 32.1. The van der Waals surface area contributed by atoms with E-state index in [-0.39, 0.29) is 5.56 Å². The van der Waals surface area contributed by atoms with E-state index in [4.69, 9.17) is 0 Å². The van der Waals surface area contributed by atoms with E-state index < -0.39 is 0 Å². The molecule has 0 spiro atoms. The molecule has 100 valence electrons. The molecule has 2 aromatic carbocycles. The standard InChI is InChI=1S/C17H10N2OS/c20-16-13-6-2-4-8-15(13)21-17(19-16)12-9-11-5-1-3-7-14(11)18-10-12/h1-10H. The molecule has 0 bridgehead atoms. The molecule has 21 heavy (non-hydrogen) atoms. The Morgan fingerprint density at radius 2 is 1.76 bits per heavy atom. The van der Waals surface area contributed by atoms with Crippen molar-refractivity contribution in [2.24, 2.45) is 0 Å². The first-order chi connectivity index (χ1) is 10.3. The van der Waals surface area contributed by atoms with Crippen LogP contribution < -0.4 is 5.56 Å². The Morgan fingerprint density at radius 3 is 2.71 bits per heavy atom. The van der Waals surface area contributed by atoms with Crippen LogP contribution in [0.25, 0.3) is 31.6 Å². The summed E-state index contributed by atoms with van der Waals surface area (Å²) in [5.41, 5.74) is 1.63. The minimum atomic E-state index is -0.187. The highest BCUT2D eigenvalue weighted by Crippen LogP contribution is 2.27. The van der Waals surface area contributed by atoms with Crippen molar-refractivity contribution in [3.05, 3.63) is 71.1 Å². The summed E-state index contributed by atoms with van der Waals surface area (Å²) in [6.45, 7) is 0. The molecule has 4 heteroatoms. The van der Waals surface area contributed by atoms with E-state index in [0.29, 0.717) is 10.4 Å². The Balaban J connectivity index is 1.97. The van der Waals surface area contributed by atoms with E-state index in [1.807, 2.05) is 54.6 Å². The Kier molecular flexibility index (Phi) is 2.75. The monoisotopic (exact) mass is 290 g/mol. The molecule has 0 saturated carbocycles. The zero-order chi connectivity index (χ0) is 14.2. The van der Waals surface area contributed by atoms with Crippen molar-refractivity contribution >= 4 is 32.3 Å². The second kappa shape index (κ2) is 4.75. The van der Waals surface area contributed by atoms with Crippen LogP contribution in [0.3, 0.4) is 0 Å². The first-order valence-electron chi connectivity index (χ1n) is 6.56. The second-order valence-corrected chi connectivity index (χ2v) is 5.77. The zero-order valence-electron chi connectivity index (χ0n) is 11.0. The molecular weight excluding hydrogens is 280 g/mol. The predicted octanol–water partition coefficient (Wildman–Crippen LogP) is 3.87. The largest absolute Gasteiger partial charge is 0.279 e. The summed E-state index contributed by atoms with van der Waals surface area (Å²) in [7, 11) is 0.